The quantitative estimate of drug-likeness (QED) is 0.0222. The van der Waals surface area contributed by atoms with Gasteiger partial charge in [-0.3, -0.25) is 37.3 Å². The summed E-state index contributed by atoms with van der Waals surface area (Å²) in [7, 11) is -9.91. The Balaban J connectivity index is 5.26. The molecule has 0 amide bonds. The van der Waals surface area contributed by atoms with Crippen molar-refractivity contribution in [3.05, 3.63) is 0 Å². The van der Waals surface area contributed by atoms with E-state index in [0.717, 1.165) is 108 Å². The van der Waals surface area contributed by atoms with E-state index in [4.69, 9.17) is 37.0 Å². The molecule has 0 aliphatic rings. The summed E-state index contributed by atoms with van der Waals surface area (Å²) in [6, 6.07) is 0. The zero-order chi connectivity index (χ0) is 70.1. The Labute approximate surface area is 581 Å². The van der Waals surface area contributed by atoms with Crippen LogP contribution < -0.4 is 0 Å². The van der Waals surface area contributed by atoms with Crippen LogP contribution in [0, 0.1) is 17.8 Å². The van der Waals surface area contributed by atoms with Gasteiger partial charge < -0.3 is 33.8 Å². The van der Waals surface area contributed by atoms with Gasteiger partial charge in [-0.05, 0) is 43.4 Å². The smallest absolute Gasteiger partial charge is 0.462 e. The molecule has 564 valence electrons. The lowest BCUT2D eigenvalue weighted by molar-refractivity contribution is -0.161. The molecule has 0 saturated heterocycles. The molecule has 0 rings (SSSR count). The van der Waals surface area contributed by atoms with Crippen molar-refractivity contribution in [1.82, 2.24) is 0 Å². The molecular weight excluding hydrogens is 1250 g/mol. The average molecular weight is 1400 g/mol. The number of esters is 4. The molecule has 0 aliphatic heterocycles. The lowest BCUT2D eigenvalue weighted by atomic mass is 10.0. The maximum atomic E-state index is 13.1. The van der Waals surface area contributed by atoms with Crippen molar-refractivity contribution in [2.75, 3.05) is 39.6 Å². The van der Waals surface area contributed by atoms with Gasteiger partial charge in [0, 0.05) is 25.7 Å². The number of hydrogen-bond acceptors (Lipinski definition) is 15. The molecule has 0 spiro atoms. The number of aliphatic hydroxyl groups excluding tert-OH is 1. The summed E-state index contributed by atoms with van der Waals surface area (Å²) in [6.07, 6.45) is 52.6. The molecule has 3 N–H and O–H groups in total. The Hall–Kier alpha value is -1.94. The van der Waals surface area contributed by atoms with Gasteiger partial charge in [0.05, 0.1) is 26.4 Å². The van der Waals surface area contributed by atoms with Gasteiger partial charge in [0.25, 0.3) is 0 Å². The van der Waals surface area contributed by atoms with E-state index in [1.54, 1.807) is 0 Å². The first-order chi connectivity index (χ1) is 45.7. The van der Waals surface area contributed by atoms with Gasteiger partial charge in [0.2, 0.25) is 0 Å². The highest BCUT2D eigenvalue weighted by Crippen LogP contribution is 2.45. The van der Waals surface area contributed by atoms with Crippen molar-refractivity contribution in [2.24, 2.45) is 17.8 Å². The third-order valence-corrected chi connectivity index (χ3v) is 19.5. The van der Waals surface area contributed by atoms with E-state index >= 15 is 0 Å². The second kappa shape index (κ2) is 66.6. The highest BCUT2D eigenvalue weighted by atomic mass is 31.2. The Morgan fingerprint density at radius 1 is 0.284 bits per heavy atom. The van der Waals surface area contributed by atoms with Crippen molar-refractivity contribution in [3.63, 3.8) is 0 Å². The first-order valence-corrected chi connectivity index (χ1v) is 42.3. The molecule has 0 aromatic heterocycles. The summed E-state index contributed by atoms with van der Waals surface area (Å²) in [4.78, 5) is 72.8. The fourth-order valence-electron chi connectivity index (χ4n) is 11.6. The molecule has 95 heavy (non-hydrogen) atoms. The van der Waals surface area contributed by atoms with Crippen LogP contribution in [0.2, 0.25) is 0 Å². The van der Waals surface area contributed by atoms with E-state index in [0.29, 0.717) is 25.7 Å². The largest absolute Gasteiger partial charge is 0.472 e. The van der Waals surface area contributed by atoms with E-state index < -0.39 is 97.5 Å². The van der Waals surface area contributed by atoms with Crippen LogP contribution in [0.25, 0.3) is 0 Å². The molecule has 0 aliphatic carbocycles. The number of ether oxygens (including phenoxy) is 4. The lowest BCUT2D eigenvalue weighted by Gasteiger charge is -2.21. The van der Waals surface area contributed by atoms with Gasteiger partial charge in [0.15, 0.2) is 12.2 Å². The SMILES string of the molecule is CCCCCCCCCCCCCCCCC(=O)O[C@H](COC(=O)CCCCCCCCCCC(C)C)COP(=O)(O)OC[C@H](O)COP(=O)(O)OC[C@@H](COC(=O)CCCCCCCCCCCCCCC(C)C)OC(=O)CCCCCCCCCCCCCCC(C)C. The molecule has 0 radical (unpaired) electrons. The fourth-order valence-corrected chi connectivity index (χ4v) is 13.2. The minimum absolute atomic E-state index is 0.107. The maximum Gasteiger partial charge on any atom is 0.472 e. The molecule has 0 aromatic rings. The zero-order valence-corrected chi connectivity index (χ0v) is 63.9. The Morgan fingerprint density at radius 3 is 0.716 bits per heavy atom. The first kappa shape index (κ1) is 93.1. The topological polar surface area (TPSA) is 237 Å². The van der Waals surface area contributed by atoms with E-state index in [2.05, 4.69) is 48.5 Å². The van der Waals surface area contributed by atoms with Crippen LogP contribution in [0.15, 0.2) is 0 Å². The molecule has 0 aromatic carbocycles. The van der Waals surface area contributed by atoms with Crippen molar-refractivity contribution >= 4 is 39.5 Å². The molecule has 19 heteroatoms. The number of phosphoric ester groups is 2. The van der Waals surface area contributed by atoms with Crippen LogP contribution in [0.4, 0.5) is 0 Å². The zero-order valence-electron chi connectivity index (χ0n) is 62.1. The summed E-state index contributed by atoms with van der Waals surface area (Å²) < 4.78 is 68.6. The third kappa shape index (κ3) is 70.3. The number of aliphatic hydroxyl groups is 1. The number of hydrogen-bond donors (Lipinski definition) is 3. The van der Waals surface area contributed by atoms with Gasteiger partial charge in [-0.15, -0.1) is 0 Å². The summed E-state index contributed by atoms with van der Waals surface area (Å²) in [5.74, 6) is 0.169. The van der Waals surface area contributed by atoms with Gasteiger partial charge in [-0.2, -0.15) is 0 Å². The van der Waals surface area contributed by atoms with E-state index in [1.807, 2.05) is 0 Å². The highest BCUT2D eigenvalue weighted by molar-refractivity contribution is 7.47. The van der Waals surface area contributed by atoms with Crippen molar-refractivity contribution < 1.29 is 80.2 Å². The minimum atomic E-state index is -4.96. The predicted molar refractivity (Wildman–Crippen MR) is 386 cm³/mol. The van der Waals surface area contributed by atoms with Crippen LogP contribution in [-0.4, -0.2) is 96.7 Å². The molecule has 0 fully saturated rings. The molecule has 17 nitrogen and oxygen atoms in total. The molecule has 5 atom stereocenters. The van der Waals surface area contributed by atoms with Crippen molar-refractivity contribution in [2.45, 2.75) is 407 Å². The van der Waals surface area contributed by atoms with Gasteiger partial charge in [-0.1, -0.05) is 337 Å². The van der Waals surface area contributed by atoms with E-state index in [-0.39, 0.29) is 25.7 Å². The Kier molecular flexibility index (Phi) is 65.2. The van der Waals surface area contributed by atoms with Crippen LogP contribution >= 0.6 is 15.6 Å². The molecule has 0 saturated carbocycles. The van der Waals surface area contributed by atoms with Crippen molar-refractivity contribution in [1.29, 1.82) is 0 Å². The average Bonchev–Trinajstić information content (AvgIpc) is 2.28. The third-order valence-electron chi connectivity index (χ3n) is 17.6. The Bertz CT molecular complexity index is 1850. The van der Waals surface area contributed by atoms with E-state index in [1.165, 1.54) is 199 Å². The van der Waals surface area contributed by atoms with Gasteiger partial charge in [-0.25, -0.2) is 9.13 Å². The lowest BCUT2D eigenvalue weighted by Crippen LogP contribution is -2.30. The number of unbranched alkanes of at least 4 members (excludes halogenated alkanes) is 42. The van der Waals surface area contributed by atoms with Gasteiger partial charge >= 0.3 is 39.5 Å². The standard InChI is InChI=1S/C76H148O17P2/c1-8-9-10-11-12-13-14-15-16-24-29-38-45-52-59-75(80)93-72(64-87-74(79)58-51-44-37-32-31-35-42-49-56-69(6)7)66-91-95(84,85)89-62-70(77)61-88-94(82,83)90-65-71(92-76(81)60-53-46-39-30-25-20-18-22-27-34-41-48-55-68(4)5)63-86-73(78)57-50-43-36-28-23-19-17-21-26-33-40-47-54-67(2)3/h67-72,77H,8-66H2,1-7H3,(H,82,83)(H,84,85)/t70-,71-,72-/m1/s1. The Morgan fingerprint density at radius 2 is 0.484 bits per heavy atom. The number of carbonyl (C=O) groups is 4. The first-order valence-electron chi connectivity index (χ1n) is 39.3. The molecular formula is C76H148O17P2. The van der Waals surface area contributed by atoms with Gasteiger partial charge in [0.1, 0.15) is 19.3 Å². The molecule has 0 bridgehead atoms. The minimum Gasteiger partial charge on any atom is -0.462 e. The highest BCUT2D eigenvalue weighted by Gasteiger charge is 2.30. The summed E-state index contributed by atoms with van der Waals surface area (Å²) in [5.41, 5.74) is 0. The number of rotatable bonds is 74. The fraction of sp³-hybridized carbons (Fsp3) is 0.947. The second-order valence-electron chi connectivity index (χ2n) is 28.8. The van der Waals surface area contributed by atoms with Crippen LogP contribution in [0.1, 0.15) is 389 Å². The maximum absolute atomic E-state index is 13.1. The summed E-state index contributed by atoms with van der Waals surface area (Å²) >= 11 is 0. The number of phosphoric acid groups is 2. The summed E-state index contributed by atoms with van der Waals surface area (Å²) in [5, 5.41) is 10.6. The summed E-state index contributed by atoms with van der Waals surface area (Å²) in [6.45, 7) is 11.9. The predicted octanol–water partition coefficient (Wildman–Crippen LogP) is 22.2. The molecule has 0 heterocycles. The van der Waals surface area contributed by atoms with Crippen LogP contribution in [0.5, 0.6) is 0 Å². The van der Waals surface area contributed by atoms with E-state index in [9.17, 15) is 43.2 Å². The van der Waals surface area contributed by atoms with Crippen molar-refractivity contribution in [3.8, 4) is 0 Å². The normalized spacial score (nSPS) is 14.1. The van der Waals surface area contributed by atoms with Crippen LogP contribution in [-0.2, 0) is 65.4 Å². The second-order valence-corrected chi connectivity index (χ2v) is 31.7. The van der Waals surface area contributed by atoms with Crippen LogP contribution in [0.3, 0.4) is 0 Å². The number of carbonyl (C=O) groups excluding carboxylic acids is 4. The monoisotopic (exact) mass is 1400 g/mol. The molecule has 2 unspecified atom stereocenters.